The Morgan fingerprint density at radius 2 is 1.68 bits per heavy atom. The predicted octanol–water partition coefficient (Wildman–Crippen LogP) is 1.83. The minimum Gasteiger partial charge on any atom is -0.550 e. The fourth-order valence-corrected chi connectivity index (χ4v) is 2.62. The largest absolute Gasteiger partial charge is 0.550 e. The molecule has 0 unspecified atom stereocenters. The summed E-state index contributed by atoms with van der Waals surface area (Å²) in [6, 6.07) is 6.73. The summed E-state index contributed by atoms with van der Waals surface area (Å²) in [6.07, 6.45) is 2.82. The lowest BCUT2D eigenvalue weighted by molar-refractivity contribution is -0.313. The Hall–Kier alpha value is -1.55. The highest BCUT2D eigenvalue weighted by Crippen LogP contribution is 2.30. The fourth-order valence-electron chi connectivity index (χ4n) is 2.49. The van der Waals surface area contributed by atoms with E-state index >= 15 is 0 Å². The number of rotatable bonds is 3. The van der Waals surface area contributed by atoms with E-state index in [2.05, 4.69) is 5.32 Å². The molecule has 5 heteroatoms. The van der Waals surface area contributed by atoms with Crippen LogP contribution in [-0.4, -0.2) is 11.9 Å². The van der Waals surface area contributed by atoms with Crippen LogP contribution in [0.1, 0.15) is 25.7 Å². The standard InChI is InChI=1S/C14H16ClNO3/c15-9-5-7-10(8-6-9)16-13(17)11-3-1-2-4-12(11)14(18)19/h5-8,11-12H,1-4H2,(H,16,17)(H,18,19)/p-1/t11-,12+/m0/s1. The molecule has 0 heterocycles. The highest BCUT2D eigenvalue weighted by Gasteiger charge is 2.31. The highest BCUT2D eigenvalue weighted by molar-refractivity contribution is 6.30. The summed E-state index contributed by atoms with van der Waals surface area (Å²) < 4.78 is 0. The second kappa shape index (κ2) is 6.06. The maximum atomic E-state index is 12.1. The van der Waals surface area contributed by atoms with Crippen LogP contribution in [0.15, 0.2) is 24.3 Å². The first-order valence-electron chi connectivity index (χ1n) is 6.35. The van der Waals surface area contributed by atoms with Gasteiger partial charge in [0.15, 0.2) is 0 Å². The van der Waals surface area contributed by atoms with Gasteiger partial charge in [-0.15, -0.1) is 0 Å². The van der Waals surface area contributed by atoms with Gasteiger partial charge in [0.1, 0.15) is 0 Å². The van der Waals surface area contributed by atoms with Gasteiger partial charge >= 0.3 is 0 Å². The Kier molecular flexibility index (Phi) is 4.43. The minimum absolute atomic E-state index is 0.253. The van der Waals surface area contributed by atoms with E-state index in [1.165, 1.54) is 0 Å². The van der Waals surface area contributed by atoms with Crippen LogP contribution in [0.2, 0.25) is 5.02 Å². The second-order valence-electron chi connectivity index (χ2n) is 4.81. The first kappa shape index (κ1) is 13.9. The molecule has 0 aromatic heterocycles. The van der Waals surface area contributed by atoms with Crippen molar-refractivity contribution in [3.63, 3.8) is 0 Å². The van der Waals surface area contributed by atoms with E-state index in [9.17, 15) is 14.7 Å². The number of carbonyl (C=O) groups excluding carboxylic acids is 2. The number of carboxylic acid groups (broad SMARTS) is 1. The number of carbonyl (C=O) groups is 2. The molecule has 1 aromatic rings. The zero-order valence-corrected chi connectivity index (χ0v) is 11.2. The van der Waals surface area contributed by atoms with Gasteiger partial charge in [0, 0.05) is 28.5 Å². The third-order valence-corrected chi connectivity index (χ3v) is 3.77. The van der Waals surface area contributed by atoms with Gasteiger partial charge in [0.05, 0.1) is 0 Å². The molecule has 0 radical (unpaired) electrons. The van der Waals surface area contributed by atoms with Gasteiger partial charge in [-0.2, -0.15) is 0 Å². The number of amides is 1. The molecule has 2 rings (SSSR count). The molecular formula is C14H15ClNO3-. The minimum atomic E-state index is -1.13. The van der Waals surface area contributed by atoms with Crippen LogP contribution in [-0.2, 0) is 9.59 Å². The number of hydrogen-bond acceptors (Lipinski definition) is 3. The quantitative estimate of drug-likeness (QED) is 0.918. The van der Waals surface area contributed by atoms with Crippen molar-refractivity contribution in [1.29, 1.82) is 0 Å². The van der Waals surface area contributed by atoms with Crippen LogP contribution in [0.5, 0.6) is 0 Å². The van der Waals surface area contributed by atoms with E-state index in [0.717, 1.165) is 12.8 Å². The van der Waals surface area contributed by atoms with Gasteiger partial charge < -0.3 is 15.2 Å². The lowest BCUT2D eigenvalue weighted by Gasteiger charge is -2.31. The molecule has 1 fully saturated rings. The molecule has 0 bridgehead atoms. The van der Waals surface area contributed by atoms with Crippen molar-refractivity contribution in [3.8, 4) is 0 Å². The van der Waals surface area contributed by atoms with E-state index in [1.807, 2.05) is 0 Å². The zero-order valence-electron chi connectivity index (χ0n) is 10.4. The monoisotopic (exact) mass is 280 g/mol. The molecule has 102 valence electrons. The van der Waals surface area contributed by atoms with E-state index < -0.39 is 17.8 Å². The number of halogens is 1. The molecule has 1 aliphatic rings. The number of aliphatic carboxylic acids is 1. The maximum Gasteiger partial charge on any atom is 0.228 e. The Bertz CT molecular complexity index is 472. The van der Waals surface area contributed by atoms with Crippen molar-refractivity contribution in [2.24, 2.45) is 11.8 Å². The molecular weight excluding hydrogens is 266 g/mol. The Labute approximate surface area is 116 Å². The van der Waals surface area contributed by atoms with Gasteiger partial charge in [-0.05, 0) is 37.1 Å². The number of anilines is 1. The summed E-state index contributed by atoms with van der Waals surface area (Å²) in [5, 5.41) is 14.4. The zero-order chi connectivity index (χ0) is 13.8. The smallest absolute Gasteiger partial charge is 0.228 e. The van der Waals surface area contributed by atoms with Crippen LogP contribution < -0.4 is 10.4 Å². The third kappa shape index (κ3) is 3.47. The predicted molar refractivity (Wildman–Crippen MR) is 70.5 cm³/mol. The van der Waals surface area contributed by atoms with Gasteiger partial charge in [-0.25, -0.2) is 0 Å². The number of nitrogens with one attached hydrogen (secondary N) is 1. The molecule has 1 saturated carbocycles. The molecule has 19 heavy (non-hydrogen) atoms. The Balaban J connectivity index is 2.05. The lowest BCUT2D eigenvalue weighted by atomic mass is 9.78. The fraction of sp³-hybridized carbons (Fsp3) is 0.429. The molecule has 0 spiro atoms. The van der Waals surface area contributed by atoms with E-state index in [0.29, 0.717) is 23.6 Å². The summed E-state index contributed by atoms with van der Waals surface area (Å²) in [5.74, 6) is -2.57. The van der Waals surface area contributed by atoms with Crippen molar-refractivity contribution < 1.29 is 14.7 Å². The second-order valence-corrected chi connectivity index (χ2v) is 5.25. The summed E-state index contributed by atoms with van der Waals surface area (Å²) in [6.45, 7) is 0. The summed E-state index contributed by atoms with van der Waals surface area (Å²) >= 11 is 5.76. The summed E-state index contributed by atoms with van der Waals surface area (Å²) in [4.78, 5) is 23.2. The average Bonchev–Trinajstić information content (AvgIpc) is 2.41. The van der Waals surface area contributed by atoms with Crippen LogP contribution >= 0.6 is 11.6 Å². The van der Waals surface area contributed by atoms with Crippen LogP contribution in [0.4, 0.5) is 5.69 Å². The van der Waals surface area contributed by atoms with Gasteiger partial charge in [0.25, 0.3) is 0 Å². The molecule has 2 atom stereocenters. The SMILES string of the molecule is O=C(Nc1ccc(Cl)cc1)[C@H]1CCCC[C@H]1C(=O)[O-]. The highest BCUT2D eigenvalue weighted by atomic mass is 35.5. The van der Waals surface area contributed by atoms with Crippen LogP contribution in [0.25, 0.3) is 0 Å². The van der Waals surface area contributed by atoms with Gasteiger partial charge in [-0.1, -0.05) is 24.4 Å². The van der Waals surface area contributed by atoms with Gasteiger partial charge in [0.2, 0.25) is 5.91 Å². The molecule has 1 aromatic carbocycles. The number of hydrogen-bond donors (Lipinski definition) is 1. The first-order valence-corrected chi connectivity index (χ1v) is 6.73. The summed E-state index contributed by atoms with van der Waals surface area (Å²) in [7, 11) is 0. The third-order valence-electron chi connectivity index (χ3n) is 3.52. The van der Waals surface area contributed by atoms with Gasteiger partial charge in [-0.3, -0.25) is 4.79 Å². The summed E-state index contributed by atoms with van der Waals surface area (Å²) in [5.41, 5.74) is 0.622. The van der Waals surface area contributed by atoms with Crippen molar-refractivity contribution >= 4 is 29.2 Å². The molecule has 1 aliphatic carbocycles. The molecule has 1 amide bonds. The normalized spacial score (nSPS) is 22.8. The number of benzene rings is 1. The van der Waals surface area contributed by atoms with E-state index in [4.69, 9.17) is 11.6 Å². The number of carboxylic acids is 1. The van der Waals surface area contributed by atoms with Crippen molar-refractivity contribution in [3.05, 3.63) is 29.3 Å². The Morgan fingerprint density at radius 3 is 2.26 bits per heavy atom. The van der Waals surface area contributed by atoms with E-state index in [-0.39, 0.29) is 5.91 Å². The molecule has 0 aliphatic heterocycles. The first-order chi connectivity index (χ1) is 9.08. The van der Waals surface area contributed by atoms with Crippen molar-refractivity contribution in [2.45, 2.75) is 25.7 Å². The Morgan fingerprint density at radius 1 is 1.11 bits per heavy atom. The van der Waals surface area contributed by atoms with Crippen molar-refractivity contribution in [1.82, 2.24) is 0 Å². The lowest BCUT2D eigenvalue weighted by Crippen LogP contribution is -2.42. The molecule has 1 N–H and O–H groups in total. The maximum absolute atomic E-state index is 12.1. The van der Waals surface area contributed by atoms with Crippen LogP contribution in [0.3, 0.4) is 0 Å². The van der Waals surface area contributed by atoms with Crippen LogP contribution in [0, 0.1) is 11.8 Å². The topological polar surface area (TPSA) is 69.2 Å². The molecule has 4 nitrogen and oxygen atoms in total. The molecule has 0 saturated heterocycles. The van der Waals surface area contributed by atoms with E-state index in [1.54, 1.807) is 24.3 Å². The van der Waals surface area contributed by atoms with Crippen molar-refractivity contribution in [2.75, 3.05) is 5.32 Å². The average molecular weight is 281 g/mol.